The van der Waals surface area contributed by atoms with Gasteiger partial charge in [-0.05, 0) is 41.5 Å². The Morgan fingerprint density at radius 2 is 2.20 bits per heavy atom. The molecule has 1 unspecified atom stereocenters. The summed E-state index contributed by atoms with van der Waals surface area (Å²) in [6.45, 7) is 4.27. The smallest absolute Gasteiger partial charge is 0.146 e. The summed E-state index contributed by atoms with van der Waals surface area (Å²) in [5.74, 6) is -0.253. The highest BCUT2D eigenvalue weighted by Crippen LogP contribution is 2.21. The molecule has 108 valence electrons. The Hall–Kier alpha value is -1.98. The lowest BCUT2D eigenvalue weighted by atomic mass is 10.1. The first kappa shape index (κ1) is 14.4. The molecule has 2 aromatic rings. The first-order valence-corrected chi connectivity index (χ1v) is 7.04. The minimum absolute atomic E-state index is 0.253. The molecule has 1 atom stereocenters. The van der Waals surface area contributed by atoms with Gasteiger partial charge in [0.1, 0.15) is 12.1 Å². The van der Waals surface area contributed by atoms with E-state index in [1.165, 1.54) is 17.1 Å². The standard InChI is InChI=1S/C14H20FN5/c1-3-5-6-11(4-2)17-14-9-12(7-8-13(14)15)20-10-16-18-19-20/h7-11,17H,3-6H2,1-2H3. The van der Waals surface area contributed by atoms with E-state index < -0.39 is 0 Å². The number of nitrogens with zero attached hydrogens (tertiary/aromatic N) is 4. The highest BCUT2D eigenvalue weighted by atomic mass is 19.1. The number of aromatic nitrogens is 4. The lowest BCUT2D eigenvalue weighted by Crippen LogP contribution is -2.19. The quantitative estimate of drug-likeness (QED) is 0.844. The van der Waals surface area contributed by atoms with Crippen LogP contribution in [0.3, 0.4) is 0 Å². The topological polar surface area (TPSA) is 55.6 Å². The second-order valence-electron chi connectivity index (χ2n) is 4.81. The SMILES string of the molecule is CCCCC(CC)Nc1cc(-n2cnnn2)ccc1F. The van der Waals surface area contributed by atoms with Crippen molar-refractivity contribution in [2.75, 3.05) is 5.32 Å². The van der Waals surface area contributed by atoms with Gasteiger partial charge in [-0.3, -0.25) is 0 Å². The number of tetrazole rings is 1. The zero-order chi connectivity index (χ0) is 14.4. The van der Waals surface area contributed by atoms with Gasteiger partial charge < -0.3 is 5.32 Å². The number of nitrogens with one attached hydrogen (secondary N) is 1. The Balaban J connectivity index is 2.16. The van der Waals surface area contributed by atoms with Crippen molar-refractivity contribution in [1.29, 1.82) is 0 Å². The van der Waals surface area contributed by atoms with Crippen LogP contribution in [-0.2, 0) is 0 Å². The number of benzene rings is 1. The van der Waals surface area contributed by atoms with Crippen molar-refractivity contribution in [3.8, 4) is 5.69 Å². The molecule has 0 spiro atoms. The monoisotopic (exact) mass is 277 g/mol. The van der Waals surface area contributed by atoms with E-state index in [2.05, 4.69) is 34.7 Å². The summed E-state index contributed by atoms with van der Waals surface area (Å²) in [6.07, 6.45) is 5.78. The molecule has 1 heterocycles. The first-order chi connectivity index (χ1) is 9.74. The number of hydrogen-bond acceptors (Lipinski definition) is 4. The van der Waals surface area contributed by atoms with Crippen molar-refractivity contribution >= 4 is 5.69 Å². The molecule has 1 aromatic heterocycles. The van der Waals surface area contributed by atoms with Crippen molar-refractivity contribution < 1.29 is 4.39 Å². The van der Waals surface area contributed by atoms with Gasteiger partial charge in [0, 0.05) is 6.04 Å². The van der Waals surface area contributed by atoms with Gasteiger partial charge in [-0.1, -0.05) is 26.7 Å². The van der Waals surface area contributed by atoms with E-state index in [-0.39, 0.29) is 11.9 Å². The fourth-order valence-electron chi connectivity index (χ4n) is 2.09. The summed E-state index contributed by atoms with van der Waals surface area (Å²) in [5.41, 5.74) is 1.24. The van der Waals surface area contributed by atoms with Crippen LogP contribution in [0.5, 0.6) is 0 Å². The van der Waals surface area contributed by atoms with Crippen LogP contribution < -0.4 is 5.32 Å². The Labute approximate surface area is 118 Å². The van der Waals surface area contributed by atoms with Crippen molar-refractivity contribution in [2.24, 2.45) is 0 Å². The Morgan fingerprint density at radius 1 is 1.35 bits per heavy atom. The third kappa shape index (κ3) is 3.53. The van der Waals surface area contributed by atoms with E-state index in [9.17, 15) is 4.39 Å². The van der Waals surface area contributed by atoms with Crippen molar-refractivity contribution in [1.82, 2.24) is 20.2 Å². The van der Waals surface area contributed by atoms with Crippen LogP contribution in [-0.4, -0.2) is 26.2 Å². The van der Waals surface area contributed by atoms with E-state index in [1.807, 2.05) is 0 Å². The normalized spacial score (nSPS) is 12.3. The van der Waals surface area contributed by atoms with Crippen LogP contribution in [0.2, 0.25) is 0 Å². The van der Waals surface area contributed by atoms with Crippen molar-refractivity contribution in [2.45, 2.75) is 45.6 Å². The molecule has 0 saturated carbocycles. The Morgan fingerprint density at radius 3 is 2.85 bits per heavy atom. The van der Waals surface area contributed by atoms with Gasteiger partial charge in [0.05, 0.1) is 11.4 Å². The predicted octanol–water partition coefficient (Wildman–Crippen LogP) is 3.18. The largest absolute Gasteiger partial charge is 0.380 e. The average molecular weight is 277 g/mol. The molecule has 20 heavy (non-hydrogen) atoms. The second kappa shape index (κ2) is 6.98. The molecule has 0 aliphatic carbocycles. The van der Waals surface area contributed by atoms with Gasteiger partial charge >= 0.3 is 0 Å². The van der Waals surface area contributed by atoms with Crippen LogP contribution in [0, 0.1) is 5.82 Å². The number of unbranched alkanes of at least 4 members (excludes halogenated alkanes) is 1. The number of hydrogen-bond donors (Lipinski definition) is 1. The molecular formula is C14H20FN5. The average Bonchev–Trinajstić information content (AvgIpc) is 2.99. The van der Waals surface area contributed by atoms with Crippen LogP contribution in [0.1, 0.15) is 39.5 Å². The minimum atomic E-state index is -0.253. The number of rotatable bonds is 7. The predicted molar refractivity (Wildman–Crippen MR) is 76.3 cm³/mol. The van der Waals surface area contributed by atoms with E-state index in [0.717, 1.165) is 31.4 Å². The first-order valence-electron chi connectivity index (χ1n) is 7.04. The summed E-state index contributed by atoms with van der Waals surface area (Å²) in [7, 11) is 0. The molecular weight excluding hydrogens is 257 g/mol. The van der Waals surface area contributed by atoms with Gasteiger partial charge in [-0.2, -0.15) is 0 Å². The van der Waals surface area contributed by atoms with Crippen LogP contribution in [0.25, 0.3) is 5.69 Å². The third-order valence-electron chi connectivity index (χ3n) is 3.32. The molecule has 6 heteroatoms. The molecule has 1 N–H and O–H groups in total. The van der Waals surface area contributed by atoms with Gasteiger partial charge in [-0.25, -0.2) is 9.07 Å². The molecule has 2 rings (SSSR count). The maximum Gasteiger partial charge on any atom is 0.146 e. The van der Waals surface area contributed by atoms with Gasteiger partial charge in [-0.15, -0.1) is 5.10 Å². The number of anilines is 1. The Kier molecular flexibility index (Phi) is 5.03. The zero-order valence-electron chi connectivity index (χ0n) is 11.9. The summed E-state index contributed by atoms with van der Waals surface area (Å²) >= 11 is 0. The highest BCUT2D eigenvalue weighted by Gasteiger charge is 2.10. The zero-order valence-corrected chi connectivity index (χ0v) is 11.9. The van der Waals surface area contributed by atoms with E-state index in [4.69, 9.17) is 0 Å². The summed E-state index contributed by atoms with van der Waals surface area (Å²) in [6, 6.07) is 5.12. The molecule has 0 radical (unpaired) electrons. The molecule has 0 fully saturated rings. The minimum Gasteiger partial charge on any atom is -0.380 e. The van der Waals surface area contributed by atoms with E-state index in [0.29, 0.717) is 5.69 Å². The lowest BCUT2D eigenvalue weighted by Gasteiger charge is -2.19. The van der Waals surface area contributed by atoms with Crippen LogP contribution >= 0.6 is 0 Å². The van der Waals surface area contributed by atoms with Gasteiger partial charge in [0.15, 0.2) is 0 Å². The van der Waals surface area contributed by atoms with E-state index >= 15 is 0 Å². The fraction of sp³-hybridized carbons (Fsp3) is 0.500. The molecule has 5 nitrogen and oxygen atoms in total. The molecule has 0 bridgehead atoms. The third-order valence-corrected chi connectivity index (χ3v) is 3.32. The second-order valence-corrected chi connectivity index (χ2v) is 4.81. The molecule has 0 saturated heterocycles. The van der Waals surface area contributed by atoms with Gasteiger partial charge in [0.2, 0.25) is 0 Å². The maximum atomic E-state index is 13.9. The molecule has 0 aliphatic heterocycles. The molecule has 0 amide bonds. The molecule has 0 aliphatic rings. The summed E-state index contributed by atoms with van der Waals surface area (Å²) in [4.78, 5) is 0. The summed E-state index contributed by atoms with van der Waals surface area (Å²) < 4.78 is 15.4. The maximum absolute atomic E-state index is 13.9. The fourth-order valence-corrected chi connectivity index (χ4v) is 2.09. The lowest BCUT2D eigenvalue weighted by molar-refractivity contribution is 0.580. The number of halogens is 1. The summed E-state index contributed by atoms with van der Waals surface area (Å²) in [5, 5.41) is 14.3. The Bertz CT molecular complexity index is 526. The van der Waals surface area contributed by atoms with Crippen LogP contribution in [0.4, 0.5) is 10.1 Å². The highest BCUT2D eigenvalue weighted by molar-refractivity contribution is 5.52. The van der Waals surface area contributed by atoms with Crippen molar-refractivity contribution in [3.05, 3.63) is 30.3 Å². The van der Waals surface area contributed by atoms with E-state index in [1.54, 1.807) is 12.1 Å². The van der Waals surface area contributed by atoms with Crippen LogP contribution in [0.15, 0.2) is 24.5 Å². The molecule has 1 aromatic carbocycles. The van der Waals surface area contributed by atoms with Gasteiger partial charge in [0.25, 0.3) is 0 Å². The van der Waals surface area contributed by atoms with Crippen molar-refractivity contribution in [3.63, 3.8) is 0 Å².